The molecule has 6 heteroatoms. The second kappa shape index (κ2) is 1.94. The smallest absolute Gasteiger partial charge is 0.312 e. The second-order valence-corrected chi connectivity index (χ2v) is 2.07. The zero-order valence-corrected chi connectivity index (χ0v) is 5.40. The fraction of sp³-hybridized carbons (Fsp3) is 0.200. The fourth-order valence-electron chi connectivity index (χ4n) is 0.882. The summed E-state index contributed by atoms with van der Waals surface area (Å²) in [5.41, 5.74) is 5.34. The molecule has 1 atom stereocenters. The molecule has 0 aliphatic carbocycles. The van der Waals surface area contributed by atoms with Crippen molar-refractivity contribution >= 4 is 24.1 Å². The normalized spacial score (nSPS) is 27.4. The quantitative estimate of drug-likeness (QED) is 0.467. The van der Waals surface area contributed by atoms with Crippen molar-refractivity contribution in [3.8, 4) is 0 Å². The first-order valence-corrected chi connectivity index (χ1v) is 2.95. The van der Waals surface area contributed by atoms with Gasteiger partial charge in [-0.2, -0.15) is 14.4 Å². The molecular formula is C5H4FN5. The van der Waals surface area contributed by atoms with Crippen molar-refractivity contribution in [1.29, 1.82) is 0 Å². The molecule has 56 valence electrons. The van der Waals surface area contributed by atoms with E-state index in [0.717, 1.165) is 0 Å². The minimum atomic E-state index is -0.858. The van der Waals surface area contributed by atoms with Crippen molar-refractivity contribution in [2.24, 2.45) is 25.7 Å². The van der Waals surface area contributed by atoms with Gasteiger partial charge in [0.25, 0.3) is 0 Å². The third kappa shape index (κ3) is 0.830. The Morgan fingerprint density at radius 2 is 2.27 bits per heavy atom. The maximum atomic E-state index is 12.4. The first-order valence-electron chi connectivity index (χ1n) is 2.95. The maximum absolute atomic E-state index is 12.4. The summed E-state index contributed by atoms with van der Waals surface area (Å²) in [6.07, 6.45) is 0.438. The van der Waals surface area contributed by atoms with E-state index in [-0.39, 0.29) is 11.7 Å². The van der Waals surface area contributed by atoms with Crippen LogP contribution in [0.3, 0.4) is 0 Å². The lowest BCUT2D eigenvalue weighted by Gasteiger charge is -2.09. The Morgan fingerprint density at radius 1 is 1.45 bits per heavy atom. The molecule has 0 aromatic heterocycles. The lowest BCUT2D eigenvalue weighted by atomic mass is 10.2. The highest BCUT2D eigenvalue weighted by molar-refractivity contribution is 6.21. The number of hydrogen-bond acceptors (Lipinski definition) is 5. The van der Waals surface area contributed by atoms with Crippen LogP contribution in [0.5, 0.6) is 0 Å². The monoisotopic (exact) mass is 153 g/mol. The molecule has 0 aromatic rings. The third-order valence-electron chi connectivity index (χ3n) is 1.36. The molecule has 2 aliphatic rings. The van der Waals surface area contributed by atoms with Crippen molar-refractivity contribution in [3.05, 3.63) is 0 Å². The Kier molecular flexibility index (Phi) is 1.09. The number of hydrogen-bond donors (Lipinski definition) is 1. The predicted molar refractivity (Wildman–Crippen MR) is 39.9 cm³/mol. The molecule has 2 aliphatic heterocycles. The predicted octanol–water partition coefficient (Wildman–Crippen LogP) is -0.508. The van der Waals surface area contributed by atoms with Crippen LogP contribution in [-0.2, 0) is 0 Å². The van der Waals surface area contributed by atoms with Gasteiger partial charge in [0.15, 0.2) is 11.9 Å². The Bertz CT molecular complexity index is 313. The molecule has 0 saturated heterocycles. The van der Waals surface area contributed by atoms with E-state index in [4.69, 9.17) is 5.73 Å². The SMILES string of the molecule is NC1=NC(F)=NC2=NC=NC12. The molecule has 5 nitrogen and oxygen atoms in total. The second-order valence-electron chi connectivity index (χ2n) is 2.07. The minimum Gasteiger partial charge on any atom is -0.385 e. The van der Waals surface area contributed by atoms with Crippen LogP contribution in [0.15, 0.2) is 20.0 Å². The van der Waals surface area contributed by atoms with Crippen molar-refractivity contribution in [2.45, 2.75) is 6.04 Å². The number of halogens is 1. The summed E-state index contributed by atoms with van der Waals surface area (Å²) in [4.78, 5) is 14.2. The molecule has 2 N–H and O–H groups in total. The minimum absolute atomic E-state index is 0.102. The molecule has 0 spiro atoms. The Balaban J connectivity index is 2.45. The van der Waals surface area contributed by atoms with Crippen molar-refractivity contribution < 1.29 is 4.39 Å². The lowest BCUT2D eigenvalue weighted by molar-refractivity contribution is 0.786. The summed E-state index contributed by atoms with van der Waals surface area (Å²) in [6, 6.07) is -0.463. The summed E-state index contributed by atoms with van der Waals surface area (Å²) in [5.74, 6) is 0.375. The van der Waals surface area contributed by atoms with Gasteiger partial charge in [0, 0.05) is 0 Å². The van der Waals surface area contributed by atoms with Crippen LogP contribution in [-0.4, -0.2) is 30.1 Å². The summed E-state index contributed by atoms with van der Waals surface area (Å²) < 4.78 is 12.4. The molecule has 0 bridgehead atoms. The number of fused-ring (bicyclic) bond motifs is 1. The van der Waals surface area contributed by atoms with Gasteiger partial charge < -0.3 is 5.73 Å². The standard InChI is InChI=1S/C5H4FN5/c6-5-10-3(7)2-4(11-5)9-1-8-2/h1-2H,(H2,7,8,9,10,11). The molecule has 0 saturated carbocycles. The van der Waals surface area contributed by atoms with E-state index in [2.05, 4.69) is 20.0 Å². The van der Waals surface area contributed by atoms with Crippen LogP contribution in [0.4, 0.5) is 4.39 Å². The van der Waals surface area contributed by atoms with E-state index < -0.39 is 12.1 Å². The van der Waals surface area contributed by atoms with E-state index in [9.17, 15) is 4.39 Å². The van der Waals surface area contributed by atoms with Gasteiger partial charge >= 0.3 is 6.09 Å². The van der Waals surface area contributed by atoms with E-state index in [1.807, 2.05) is 0 Å². The molecule has 2 rings (SSSR count). The number of aliphatic imine (C=N–C) groups is 4. The number of rotatable bonds is 0. The highest BCUT2D eigenvalue weighted by Gasteiger charge is 2.26. The average molecular weight is 153 g/mol. The van der Waals surface area contributed by atoms with Crippen molar-refractivity contribution in [1.82, 2.24) is 0 Å². The fourth-order valence-corrected chi connectivity index (χ4v) is 0.882. The first-order chi connectivity index (χ1) is 5.27. The van der Waals surface area contributed by atoms with Crippen LogP contribution in [0.1, 0.15) is 0 Å². The van der Waals surface area contributed by atoms with E-state index >= 15 is 0 Å². The molecule has 0 aromatic carbocycles. The zero-order chi connectivity index (χ0) is 7.84. The van der Waals surface area contributed by atoms with Gasteiger partial charge in [-0.3, -0.25) is 4.99 Å². The zero-order valence-electron chi connectivity index (χ0n) is 5.40. The van der Waals surface area contributed by atoms with E-state index in [1.165, 1.54) is 6.34 Å². The highest BCUT2D eigenvalue weighted by Crippen LogP contribution is 2.09. The Morgan fingerprint density at radius 3 is 3.09 bits per heavy atom. The van der Waals surface area contributed by atoms with Gasteiger partial charge in [-0.15, -0.1) is 0 Å². The first kappa shape index (κ1) is 6.14. The third-order valence-corrected chi connectivity index (χ3v) is 1.36. The Labute approximate surface area is 61.3 Å². The van der Waals surface area contributed by atoms with Crippen LogP contribution in [0.2, 0.25) is 0 Å². The highest BCUT2D eigenvalue weighted by atomic mass is 19.1. The van der Waals surface area contributed by atoms with Crippen LogP contribution in [0.25, 0.3) is 0 Å². The van der Waals surface area contributed by atoms with Gasteiger partial charge in [0.2, 0.25) is 0 Å². The van der Waals surface area contributed by atoms with Crippen molar-refractivity contribution in [2.75, 3.05) is 0 Å². The average Bonchev–Trinajstić information content (AvgIpc) is 2.34. The van der Waals surface area contributed by atoms with Crippen LogP contribution >= 0.6 is 0 Å². The molecule has 0 radical (unpaired) electrons. The number of nitrogens with two attached hydrogens (primary N) is 1. The summed E-state index contributed by atoms with van der Waals surface area (Å²) >= 11 is 0. The largest absolute Gasteiger partial charge is 0.385 e. The summed E-state index contributed by atoms with van der Waals surface area (Å²) in [6.45, 7) is 0. The van der Waals surface area contributed by atoms with Gasteiger partial charge in [0.1, 0.15) is 12.2 Å². The van der Waals surface area contributed by atoms with Gasteiger partial charge in [0.05, 0.1) is 0 Å². The topological polar surface area (TPSA) is 75.5 Å². The molecule has 1 unspecified atom stereocenters. The maximum Gasteiger partial charge on any atom is 0.312 e. The molecule has 0 fully saturated rings. The van der Waals surface area contributed by atoms with Crippen LogP contribution in [0, 0.1) is 0 Å². The molecule has 2 heterocycles. The van der Waals surface area contributed by atoms with Gasteiger partial charge in [-0.25, -0.2) is 4.99 Å². The van der Waals surface area contributed by atoms with Gasteiger partial charge in [-0.05, 0) is 0 Å². The Hall–Kier alpha value is -1.59. The van der Waals surface area contributed by atoms with Gasteiger partial charge in [-0.1, -0.05) is 0 Å². The molecule has 11 heavy (non-hydrogen) atoms. The summed E-state index contributed by atoms with van der Waals surface area (Å²) in [5, 5.41) is 0. The van der Waals surface area contributed by atoms with E-state index in [1.54, 1.807) is 0 Å². The number of nitrogens with zero attached hydrogens (tertiary/aromatic N) is 4. The lowest BCUT2D eigenvalue weighted by Crippen LogP contribution is -2.35. The van der Waals surface area contributed by atoms with Crippen LogP contribution < -0.4 is 5.73 Å². The number of amidine groups is 3. The molecule has 0 amide bonds. The van der Waals surface area contributed by atoms with Crippen molar-refractivity contribution in [3.63, 3.8) is 0 Å². The summed E-state index contributed by atoms with van der Waals surface area (Å²) in [7, 11) is 0. The van der Waals surface area contributed by atoms with E-state index in [0.29, 0.717) is 0 Å². The molecular weight excluding hydrogens is 149 g/mol.